The zero-order valence-electron chi connectivity index (χ0n) is 12.3. The fourth-order valence-electron chi connectivity index (χ4n) is 3.39. The molecule has 0 spiro atoms. The third kappa shape index (κ3) is 2.79. The number of benzene rings is 2. The van der Waals surface area contributed by atoms with Gasteiger partial charge in [-0.05, 0) is 42.0 Å². The molecule has 1 heteroatoms. The van der Waals surface area contributed by atoms with Gasteiger partial charge in [-0.3, -0.25) is 0 Å². The predicted octanol–water partition coefficient (Wildman–Crippen LogP) is 3.70. The van der Waals surface area contributed by atoms with Crippen molar-refractivity contribution in [3.63, 3.8) is 0 Å². The summed E-state index contributed by atoms with van der Waals surface area (Å²) in [5.74, 6) is 0.915. The van der Waals surface area contributed by atoms with Gasteiger partial charge in [0.05, 0.1) is 6.54 Å². The van der Waals surface area contributed by atoms with Crippen LogP contribution in [0.4, 0.5) is 0 Å². The summed E-state index contributed by atoms with van der Waals surface area (Å²) in [6.45, 7) is 1.24. The van der Waals surface area contributed by atoms with Crippen LogP contribution in [0.2, 0.25) is 0 Å². The second kappa shape index (κ2) is 5.50. The SMILES string of the molecule is C1=C(C2CC2)CC[NH2+]C1c1cccc(-c2ccccc2)c1. The first kappa shape index (κ1) is 12.8. The molecule has 0 aromatic heterocycles. The van der Waals surface area contributed by atoms with Crippen molar-refractivity contribution >= 4 is 0 Å². The predicted molar refractivity (Wildman–Crippen MR) is 86.8 cm³/mol. The van der Waals surface area contributed by atoms with Crippen LogP contribution in [0, 0.1) is 5.92 Å². The zero-order chi connectivity index (χ0) is 14.1. The first-order valence-corrected chi connectivity index (χ1v) is 8.09. The molecule has 1 aliphatic heterocycles. The smallest absolute Gasteiger partial charge is 0.131 e. The van der Waals surface area contributed by atoms with E-state index in [9.17, 15) is 0 Å². The van der Waals surface area contributed by atoms with E-state index in [0.717, 1.165) is 5.92 Å². The van der Waals surface area contributed by atoms with Crippen LogP contribution < -0.4 is 5.32 Å². The van der Waals surface area contributed by atoms with Gasteiger partial charge >= 0.3 is 0 Å². The molecule has 1 nitrogen and oxygen atoms in total. The second-order valence-electron chi connectivity index (χ2n) is 6.31. The van der Waals surface area contributed by atoms with Gasteiger partial charge in [0.1, 0.15) is 6.04 Å². The Labute approximate surface area is 126 Å². The maximum atomic E-state index is 2.53. The summed E-state index contributed by atoms with van der Waals surface area (Å²) < 4.78 is 0. The highest BCUT2D eigenvalue weighted by atomic mass is 14.9. The molecule has 106 valence electrons. The molecule has 2 aliphatic rings. The van der Waals surface area contributed by atoms with Crippen LogP contribution >= 0.6 is 0 Å². The molecule has 2 N–H and O–H groups in total. The Morgan fingerprint density at radius 3 is 2.48 bits per heavy atom. The highest BCUT2D eigenvalue weighted by Crippen LogP contribution is 2.39. The van der Waals surface area contributed by atoms with Crippen LogP contribution in [0.3, 0.4) is 0 Å². The molecule has 1 saturated carbocycles. The van der Waals surface area contributed by atoms with E-state index in [0.29, 0.717) is 6.04 Å². The summed E-state index contributed by atoms with van der Waals surface area (Å²) in [6.07, 6.45) is 6.66. The van der Waals surface area contributed by atoms with Gasteiger partial charge in [-0.25, -0.2) is 0 Å². The third-order valence-corrected chi connectivity index (χ3v) is 4.73. The van der Waals surface area contributed by atoms with E-state index in [1.54, 1.807) is 5.57 Å². The molecular weight excluding hydrogens is 254 g/mol. The summed E-state index contributed by atoms with van der Waals surface area (Å²) in [5, 5.41) is 2.48. The molecule has 1 atom stereocenters. The van der Waals surface area contributed by atoms with Gasteiger partial charge in [-0.2, -0.15) is 0 Å². The van der Waals surface area contributed by atoms with Crippen molar-refractivity contribution in [1.29, 1.82) is 0 Å². The largest absolute Gasteiger partial charge is 0.336 e. The van der Waals surface area contributed by atoms with Gasteiger partial charge in [0.25, 0.3) is 0 Å². The lowest BCUT2D eigenvalue weighted by Crippen LogP contribution is -2.86. The maximum absolute atomic E-state index is 2.53. The second-order valence-corrected chi connectivity index (χ2v) is 6.31. The van der Waals surface area contributed by atoms with E-state index in [1.165, 1.54) is 42.5 Å². The van der Waals surface area contributed by atoms with Gasteiger partial charge in [-0.15, -0.1) is 0 Å². The fraction of sp³-hybridized carbons (Fsp3) is 0.300. The van der Waals surface area contributed by atoms with Gasteiger partial charge in [0, 0.05) is 12.0 Å². The van der Waals surface area contributed by atoms with E-state index in [2.05, 4.69) is 66.0 Å². The number of rotatable bonds is 3. The summed E-state index contributed by atoms with van der Waals surface area (Å²) in [6, 6.07) is 20.2. The summed E-state index contributed by atoms with van der Waals surface area (Å²) in [5.41, 5.74) is 5.79. The van der Waals surface area contributed by atoms with Crippen molar-refractivity contribution in [2.24, 2.45) is 5.92 Å². The van der Waals surface area contributed by atoms with Crippen LogP contribution in [0.15, 0.2) is 66.2 Å². The van der Waals surface area contributed by atoms with Crippen LogP contribution in [0.5, 0.6) is 0 Å². The lowest BCUT2D eigenvalue weighted by atomic mass is 9.94. The lowest BCUT2D eigenvalue weighted by molar-refractivity contribution is -0.688. The van der Waals surface area contributed by atoms with Crippen molar-refractivity contribution in [3.05, 3.63) is 71.8 Å². The summed E-state index contributed by atoms with van der Waals surface area (Å²) >= 11 is 0. The Hall–Kier alpha value is -1.86. The Morgan fingerprint density at radius 1 is 0.857 bits per heavy atom. The molecule has 21 heavy (non-hydrogen) atoms. The normalized spacial score (nSPS) is 21.9. The van der Waals surface area contributed by atoms with E-state index in [1.807, 2.05) is 0 Å². The molecular formula is C20H22N+. The number of hydrogen-bond donors (Lipinski definition) is 1. The average Bonchev–Trinajstić information content (AvgIpc) is 3.41. The Balaban J connectivity index is 1.65. The van der Waals surface area contributed by atoms with Gasteiger partial charge in [0.15, 0.2) is 0 Å². The Bertz CT molecular complexity index is 653. The van der Waals surface area contributed by atoms with Crippen LogP contribution in [-0.4, -0.2) is 6.54 Å². The molecule has 0 radical (unpaired) electrons. The number of quaternary nitrogens is 1. The first-order valence-electron chi connectivity index (χ1n) is 8.09. The van der Waals surface area contributed by atoms with E-state index in [-0.39, 0.29) is 0 Å². The van der Waals surface area contributed by atoms with E-state index in [4.69, 9.17) is 0 Å². The Morgan fingerprint density at radius 2 is 1.67 bits per heavy atom. The van der Waals surface area contributed by atoms with Gasteiger partial charge in [-0.1, -0.05) is 54.1 Å². The van der Waals surface area contributed by atoms with Crippen LogP contribution in [-0.2, 0) is 0 Å². The minimum Gasteiger partial charge on any atom is -0.336 e. The van der Waals surface area contributed by atoms with Crippen molar-refractivity contribution in [2.75, 3.05) is 6.54 Å². The molecule has 1 fully saturated rings. The monoisotopic (exact) mass is 276 g/mol. The van der Waals surface area contributed by atoms with Crippen LogP contribution in [0.25, 0.3) is 11.1 Å². The third-order valence-electron chi connectivity index (χ3n) is 4.73. The van der Waals surface area contributed by atoms with Crippen LogP contribution in [0.1, 0.15) is 30.9 Å². The fourth-order valence-corrected chi connectivity index (χ4v) is 3.39. The molecule has 1 unspecified atom stereocenters. The first-order chi connectivity index (χ1) is 10.4. The minimum absolute atomic E-state index is 0.512. The molecule has 2 aromatic carbocycles. The highest BCUT2D eigenvalue weighted by molar-refractivity contribution is 5.64. The standard InChI is InChI=1S/C20H21N/c1-2-5-15(6-3-1)17-7-4-8-19(13-17)20-14-18(11-12-21-20)16-9-10-16/h1-8,13-14,16,20-21H,9-12H2/p+1. The molecule has 4 rings (SSSR count). The zero-order valence-corrected chi connectivity index (χ0v) is 12.3. The molecule has 2 aromatic rings. The van der Waals surface area contributed by atoms with Crippen molar-refractivity contribution in [2.45, 2.75) is 25.3 Å². The molecule has 1 heterocycles. The van der Waals surface area contributed by atoms with E-state index >= 15 is 0 Å². The number of hydrogen-bond acceptors (Lipinski definition) is 0. The van der Waals surface area contributed by atoms with Crippen molar-refractivity contribution in [1.82, 2.24) is 0 Å². The van der Waals surface area contributed by atoms with Gasteiger partial charge in [0.2, 0.25) is 0 Å². The van der Waals surface area contributed by atoms with E-state index < -0.39 is 0 Å². The van der Waals surface area contributed by atoms with Crippen molar-refractivity contribution < 1.29 is 5.32 Å². The maximum Gasteiger partial charge on any atom is 0.131 e. The number of nitrogens with two attached hydrogens (primary N) is 1. The lowest BCUT2D eigenvalue weighted by Gasteiger charge is -2.20. The highest BCUT2D eigenvalue weighted by Gasteiger charge is 2.29. The Kier molecular flexibility index (Phi) is 3.36. The van der Waals surface area contributed by atoms with Gasteiger partial charge < -0.3 is 5.32 Å². The summed E-state index contributed by atoms with van der Waals surface area (Å²) in [4.78, 5) is 0. The van der Waals surface area contributed by atoms with Crippen molar-refractivity contribution in [3.8, 4) is 11.1 Å². The topological polar surface area (TPSA) is 16.6 Å². The average molecular weight is 276 g/mol. The minimum atomic E-state index is 0.512. The molecule has 1 aliphatic carbocycles. The molecule has 0 saturated heterocycles. The quantitative estimate of drug-likeness (QED) is 0.823. The molecule has 0 bridgehead atoms. The summed E-state index contributed by atoms with van der Waals surface area (Å²) in [7, 11) is 0. The molecule has 0 amide bonds.